The van der Waals surface area contributed by atoms with E-state index in [2.05, 4.69) is 18.3 Å². The second-order valence-corrected chi connectivity index (χ2v) is 5.00. The monoisotopic (exact) mass is 249 g/mol. The number of rotatable bonds is 4. The molecule has 1 aromatic rings. The fourth-order valence-electron chi connectivity index (χ4n) is 2.80. The van der Waals surface area contributed by atoms with E-state index in [9.17, 15) is 0 Å². The molecular weight excluding hydrogens is 226 g/mol. The van der Waals surface area contributed by atoms with Gasteiger partial charge in [-0.25, -0.2) is 0 Å². The van der Waals surface area contributed by atoms with Gasteiger partial charge in [0.1, 0.15) is 11.5 Å². The Morgan fingerprint density at radius 2 is 2.11 bits per heavy atom. The largest absolute Gasteiger partial charge is 0.496 e. The maximum atomic E-state index is 5.56. The minimum absolute atomic E-state index is 0.723. The first-order chi connectivity index (χ1) is 8.76. The second-order valence-electron chi connectivity index (χ2n) is 5.00. The molecular formula is C15H23NO2. The molecule has 1 unspecified atom stereocenters. The zero-order chi connectivity index (χ0) is 13.0. The van der Waals surface area contributed by atoms with E-state index < -0.39 is 0 Å². The highest BCUT2D eigenvalue weighted by Crippen LogP contribution is 2.33. The molecule has 0 spiro atoms. The maximum Gasteiger partial charge on any atom is 0.128 e. The molecule has 0 aromatic heterocycles. The number of methoxy groups -OCH3 is 2. The number of benzene rings is 1. The molecule has 0 bridgehead atoms. The van der Waals surface area contributed by atoms with Gasteiger partial charge in [-0.05, 0) is 56.8 Å². The molecule has 3 heteroatoms. The van der Waals surface area contributed by atoms with Gasteiger partial charge in [0.25, 0.3) is 0 Å². The van der Waals surface area contributed by atoms with E-state index in [1.54, 1.807) is 14.2 Å². The highest BCUT2D eigenvalue weighted by molar-refractivity contribution is 5.49. The lowest BCUT2D eigenvalue weighted by atomic mass is 9.91. The van der Waals surface area contributed by atoms with Crippen LogP contribution >= 0.6 is 0 Å². The third kappa shape index (κ3) is 2.78. The van der Waals surface area contributed by atoms with Crippen LogP contribution in [0.25, 0.3) is 0 Å². The van der Waals surface area contributed by atoms with Crippen molar-refractivity contribution in [1.82, 2.24) is 5.32 Å². The fourth-order valence-corrected chi connectivity index (χ4v) is 2.80. The van der Waals surface area contributed by atoms with E-state index in [1.165, 1.54) is 18.4 Å². The summed E-state index contributed by atoms with van der Waals surface area (Å²) in [7, 11) is 3.44. The summed E-state index contributed by atoms with van der Waals surface area (Å²) >= 11 is 0. The number of piperidine rings is 1. The zero-order valence-electron chi connectivity index (χ0n) is 11.6. The average molecular weight is 249 g/mol. The van der Waals surface area contributed by atoms with E-state index in [1.807, 2.05) is 6.07 Å². The molecule has 1 aliphatic rings. The minimum atomic E-state index is 0.723. The van der Waals surface area contributed by atoms with E-state index in [-0.39, 0.29) is 0 Å². The molecule has 0 aliphatic carbocycles. The van der Waals surface area contributed by atoms with Crippen LogP contribution in [0.1, 0.15) is 24.0 Å². The Hall–Kier alpha value is -1.22. The number of nitrogens with one attached hydrogen (secondary N) is 1. The predicted octanol–water partition coefficient (Wildman–Crippen LogP) is 2.55. The lowest BCUT2D eigenvalue weighted by molar-refractivity contribution is 0.359. The highest BCUT2D eigenvalue weighted by Gasteiger charge is 2.17. The third-order valence-electron chi connectivity index (χ3n) is 3.77. The molecule has 1 aromatic carbocycles. The fraction of sp³-hybridized carbons (Fsp3) is 0.600. The standard InChI is InChI=1S/C15H23NO2/c1-11-14(17-2)7-6-13(15(11)18-3)9-12-5-4-8-16-10-12/h6-7,12,16H,4-5,8-10H2,1-3H3. The van der Waals surface area contributed by atoms with Crippen LogP contribution in [0.5, 0.6) is 11.5 Å². The van der Waals surface area contributed by atoms with Crippen molar-refractivity contribution in [3.05, 3.63) is 23.3 Å². The Balaban J connectivity index is 2.18. The zero-order valence-corrected chi connectivity index (χ0v) is 11.6. The molecule has 1 atom stereocenters. The number of hydrogen-bond donors (Lipinski definition) is 1. The summed E-state index contributed by atoms with van der Waals surface area (Å²) < 4.78 is 10.9. The molecule has 1 aliphatic heterocycles. The van der Waals surface area contributed by atoms with Crippen molar-refractivity contribution in [2.75, 3.05) is 27.3 Å². The number of ether oxygens (including phenoxy) is 2. The van der Waals surface area contributed by atoms with Gasteiger partial charge in [0.2, 0.25) is 0 Å². The summed E-state index contributed by atoms with van der Waals surface area (Å²) in [6, 6.07) is 4.18. The van der Waals surface area contributed by atoms with Crippen molar-refractivity contribution in [2.24, 2.45) is 5.92 Å². The van der Waals surface area contributed by atoms with Crippen molar-refractivity contribution < 1.29 is 9.47 Å². The van der Waals surface area contributed by atoms with Gasteiger partial charge in [-0.15, -0.1) is 0 Å². The van der Waals surface area contributed by atoms with Crippen molar-refractivity contribution in [3.8, 4) is 11.5 Å². The summed E-state index contributed by atoms with van der Waals surface area (Å²) in [5, 5.41) is 3.46. The van der Waals surface area contributed by atoms with E-state index in [0.29, 0.717) is 0 Å². The Morgan fingerprint density at radius 1 is 1.28 bits per heavy atom. The van der Waals surface area contributed by atoms with Crippen LogP contribution < -0.4 is 14.8 Å². The Kier molecular flexibility index (Phi) is 4.48. The van der Waals surface area contributed by atoms with Crippen LogP contribution in [0.3, 0.4) is 0 Å². The molecule has 1 saturated heterocycles. The molecule has 1 N–H and O–H groups in total. The Morgan fingerprint density at radius 3 is 2.72 bits per heavy atom. The van der Waals surface area contributed by atoms with E-state index in [0.717, 1.165) is 42.5 Å². The first-order valence-electron chi connectivity index (χ1n) is 6.67. The normalized spacial score (nSPS) is 19.6. The second kappa shape index (κ2) is 6.10. The lowest BCUT2D eigenvalue weighted by Gasteiger charge is -2.24. The van der Waals surface area contributed by atoms with Gasteiger partial charge in [0, 0.05) is 5.56 Å². The van der Waals surface area contributed by atoms with Crippen LogP contribution in [-0.2, 0) is 6.42 Å². The van der Waals surface area contributed by atoms with Crippen molar-refractivity contribution in [3.63, 3.8) is 0 Å². The van der Waals surface area contributed by atoms with Crippen LogP contribution in [0.15, 0.2) is 12.1 Å². The lowest BCUT2D eigenvalue weighted by Crippen LogP contribution is -2.30. The first-order valence-corrected chi connectivity index (χ1v) is 6.67. The predicted molar refractivity (Wildman–Crippen MR) is 73.6 cm³/mol. The summed E-state index contributed by atoms with van der Waals surface area (Å²) in [5.41, 5.74) is 2.39. The van der Waals surface area contributed by atoms with Crippen LogP contribution in [0.4, 0.5) is 0 Å². The number of hydrogen-bond acceptors (Lipinski definition) is 3. The molecule has 18 heavy (non-hydrogen) atoms. The molecule has 0 saturated carbocycles. The molecule has 100 valence electrons. The highest BCUT2D eigenvalue weighted by atomic mass is 16.5. The minimum Gasteiger partial charge on any atom is -0.496 e. The van der Waals surface area contributed by atoms with Gasteiger partial charge in [-0.3, -0.25) is 0 Å². The molecule has 0 amide bonds. The first kappa shape index (κ1) is 13.2. The molecule has 3 nitrogen and oxygen atoms in total. The maximum absolute atomic E-state index is 5.56. The third-order valence-corrected chi connectivity index (χ3v) is 3.77. The van der Waals surface area contributed by atoms with Crippen molar-refractivity contribution in [2.45, 2.75) is 26.2 Å². The molecule has 1 heterocycles. The van der Waals surface area contributed by atoms with Gasteiger partial charge in [-0.2, -0.15) is 0 Å². The molecule has 0 radical (unpaired) electrons. The summed E-state index contributed by atoms with van der Waals surface area (Å²) in [6.07, 6.45) is 3.67. The van der Waals surface area contributed by atoms with Crippen molar-refractivity contribution >= 4 is 0 Å². The van der Waals surface area contributed by atoms with Crippen LogP contribution in [-0.4, -0.2) is 27.3 Å². The SMILES string of the molecule is COc1ccc(CC2CCCNC2)c(OC)c1C. The van der Waals surface area contributed by atoms with Crippen molar-refractivity contribution in [1.29, 1.82) is 0 Å². The van der Waals surface area contributed by atoms with Gasteiger partial charge >= 0.3 is 0 Å². The van der Waals surface area contributed by atoms with Gasteiger partial charge in [0.05, 0.1) is 14.2 Å². The topological polar surface area (TPSA) is 30.5 Å². The Labute approximate surface area is 109 Å². The Bertz CT molecular complexity index is 398. The average Bonchev–Trinajstić information content (AvgIpc) is 2.40. The van der Waals surface area contributed by atoms with Crippen LogP contribution in [0.2, 0.25) is 0 Å². The van der Waals surface area contributed by atoms with Crippen LogP contribution in [0, 0.1) is 12.8 Å². The summed E-state index contributed by atoms with van der Waals surface area (Å²) in [6.45, 7) is 4.34. The molecule has 1 fully saturated rings. The smallest absolute Gasteiger partial charge is 0.128 e. The van der Waals surface area contributed by atoms with E-state index in [4.69, 9.17) is 9.47 Å². The van der Waals surface area contributed by atoms with Gasteiger partial charge in [0.15, 0.2) is 0 Å². The van der Waals surface area contributed by atoms with Gasteiger partial charge < -0.3 is 14.8 Å². The summed E-state index contributed by atoms with van der Waals surface area (Å²) in [4.78, 5) is 0. The van der Waals surface area contributed by atoms with E-state index >= 15 is 0 Å². The quantitative estimate of drug-likeness (QED) is 0.889. The van der Waals surface area contributed by atoms with Gasteiger partial charge in [-0.1, -0.05) is 6.07 Å². The summed E-state index contributed by atoms with van der Waals surface area (Å²) in [5.74, 6) is 2.61. The molecule has 2 rings (SSSR count).